The first-order chi connectivity index (χ1) is 19.3. The predicted molar refractivity (Wildman–Crippen MR) is 168 cm³/mol. The van der Waals surface area contributed by atoms with Crippen LogP contribution in [0.3, 0.4) is 0 Å². The summed E-state index contributed by atoms with van der Waals surface area (Å²) in [6.07, 6.45) is 7.86. The molecule has 2 aromatic carbocycles. The average molecular weight is 568 g/mol. The number of thioether (sulfide) groups is 1. The van der Waals surface area contributed by atoms with Crippen molar-refractivity contribution in [1.82, 2.24) is 9.91 Å². The molecule has 0 spiro atoms. The zero-order chi connectivity index (χ0) is 29.7. The van der Waals surface area contributed by atoms with E-state index in [-0.39, 0.29) is 23.7 Å². The minimum absolute atomic E-state index is 0.140. The summed E-state index contributed by atoms with van der Waals surface area (Å²) in [6, 6.07) is 8.44. The van der Waals surface area contributed by atoms with E-state index >= 15 is 4.39 Å². The third-order valence-electron chi connectivity index (χ3n) is 6.17. The van der Waals surface area contributed by atoms with Gasteiger partial charge in [-0.2, -0.15) is 16.9 Å². The molecule has 0 aliphatic carbocycles. The van der Waals surface area contributed by atoms with Gasteiger partial charge in [-0.1, -0.05) is 39.8 Å². The van der Waals surface area contributed by atoms with Gasteiger partial charge in [0.1, 0.15) is 11.7 Å². The van der Waals surface area contributed by atoms with Gasteiger partial charge in [0.15, 0.2) is 6.29 Å². The summed E-state index contributed by atoms with van der Waals surface area (Å²) in [5.74, 6) is 0.554. The normalized spacial score (nSPS) is 12.5. The third-order valence-corrected chi connectivity index (χ3v) is 6.76. The second kappa shape index (κ2) is 16.6. The summed E-state index contributed by atoms with van der Waals surface area (Å²) in [5, 5.41) is 6.24. The molecular weight excluding hydrogens is 525 g/mol. The molecule has 7 nitrogen and oxygen atoms in total. The Bertz CT molecular complexity index is 1250. The highest BCUT2D eigenvalue weighted by atomic mass is 32.2. The maximum absolute atomic E-state index is 15.5. The van der Waals surface area contributed by atoms with Gasteiger partial charge in [-0.05, 0) is 54.5 Å². The van der Waals surface area contributed by atoms with Crippen LogP contribution in [0, 0.1) is 5.82 Å². The van der Waals surface area contributed by atoms with Gasteiger partial charge in [0.2, 0.25) is 5.91 Å². The Morgan fingerprint density at radius 3 is 2.42 bits per heavy atom. The number of hydrogen-bond acceptors (Lipinski definition) is 7. The molecule has 0 saturated carbocycles. The van der Waals surface area contributed by atoms with Gasteiger partial charge in [0, 0.05) is 61.1 Å². The molecule has 2 aromatic rings. The average Bonchev–Trinajstić information content (AvgIpc) is 3.13. The van der Waals surface area contributed by atoms with E-state index < -0.39 is 5.82 Å². The summed E-state index contributed by atoms with van der Waals surface area (Å²) in [4.78, 5) is 31.1. The zero-order valence-electron chi connectivity index (χ0n) is 24.5. The molecule has 0 fully saturated rings. The molecule has 1 aliphatic heterocycles. The number of aldehydes is 1. The molecule has 216 valence electrons. The Balaban J connectivity index is 0.00000274. The third kappa shape index (κ3) is 8.78. The van der Waals surface area contributed by atoms with Crippen LogP contribution in [0.25, 0.3) is 17.2 Å². The van der Waals surface area contributed by atoms with Crippen LogP contribution in [0.2, 0.25) is 0 Å². The zero-order valence-corrected chi connectivity index (χ0v) is 25.4. The lowest BCUT2D eigenvalue weighted by molar-refractivity contribution is -0.127. The van der Waals surface area contributed by atoms with Crippen LogP contribution in [0.15, 0.2) is 46.0 Å². The molecule has 0 unspecified atom stereocenters. The van der Waals surface area contributed by atoms with Crippen molar-refractivity contribution in [1.29, 1.82) is 0 Å². The van der Waals surface area contributed by atoms with Crippen LogP contribution < -0.4 is 5.73 Å². The van der Waals surface area contributed by atoms with Gasteiger partial charge in [-0.15, -0.1) is 0 Å². The van der Waals surface area contributed by atoms with Crippen LogP contribution >= 0.6 is 11.8 Å². The summed E-state index contributed by atoms with van der Waals surface area (Å²) >= 11 is 1.73. The molecular formula is C31H42FN5O2S. The highest BCUT2D eigenvalue weighted by Crippen LogP contribution is 2.34. The first-order valence-corrected chi connectivity index (χ1v) is 15.2. The Hall–Kier alpha value is -3.46. The van der Waals surface area contributed by atoms with E-state index in [0.717, 1.165) is 31.4 Å². The molecule has 1 amide bonds. The fourth-order valence-corrected chi connectivity index (χ4v) is 4.68. The first kappa shape index (κ1) is 32.8. The number of benzene rings is 2. The Labute approximate surface area is 242 Å². The van der Waals surface area contributed by atoms with E-state index in [4.69, 9.17) is 5.73 Å². The van der Waals surface area contributed by atoms with Gasteiger partial charge in [0.05, 0.1) is 11.9 Å². The molecule has 0 saturated heterocycles. The topological polar surface area (TPSA) is 91.4 Å². The SMILES string of the molecule is CC.CCCN(CCC)C(=O)C1=Cc2c(F)cc(-c3ccc(C=O)c(/C=N\N(C)CCSC)c3)cc2N=C(N)C1. The lowest BCUT2D eigenvalue weighted by Gasteiger charge is -2.22. The van der Waals surface area contributed by atoms with Crippen molar-refractivity contribution < 1.29 is 14.0 Å². The highest BCUT2D eigenvalue weighted by molar-refractivity contribution is 7.98. The number of amides is 1. The summed E-state index contributed by atoms with van der Waals surface area (Å²) in [5.41, 5.74) is 9.63. The summed E-state index contributed by atoms with van der Waals surface area (Å²) < 4.78 is 15.5. The number of aliphatic imine (C=N–C) groups is 1. The number of hydrogen-bond donors (Lipinski definition) is 1. The minimum Gasteiger partial charge on any atom is -0.387 e. The van der Waals surface area contributed by atoms with Crippen LogP contribution in [0.1, 0.15) is 68.4 Å². The van der Waals surface area contributed by atoms with Crippen molar-refractivity contribution in [3.05, 3.63) is 58.4 Å². The summed E-state index contributed by atoms with van der Waals surface area (Å²) in [7, 11) is 1.87. The fraction of sp³-hybridized carbons (Fsp3) is 0.419. The number of rotatable bonds is 12. The molecule has 0 radical (unpaired) electrons. The predicted octanol–water partition coefficient (Wildman–Crippen LogP) is 6.38. The van der Waals surface area contributed by atoms with Crippen molar-refractivity contribution >= 4 is 47.8 Å². The van der Waals surface area contributed by atoms with E-state index in [9.17, 15) is 9.59 Å². The van der Waals surface area contributed by atoms with E-state index in [1.54, 1.807) is 53.2 Å². The number of carbonyl (C=O) groups is 2. The van der Waals surface area contributed by atoms with Crippen molar-refractivity contribution in [3.63, 3.8) is 0 Å². The van der Waals surface area contributed by atoms with Gasteiger partial charge in [-0.25, -0.2) is 9.38 Å². The van der Waals surface area contributed by atoms with Gasteiger partial charge in [-0.3, -0.25) is 14.6 Å². The van der Waals surface area contributed by atoms with Crippen LogP contribution in [-0.2, 0) is 4.79 Å². The first-order valence-electron chi connectivity index (χ1n) is 13.8. The quantitative estimate of drug-likeness (QED) is 0.182. The Morgan fingerprint density at radius 2 is 1.80 bits per heavy atom. The number of amidine groups is 1. The van der Waals surface area contributed by atoms with E-state index in [0.29, 0.717) is 46.6 Å². The second-order valence-electron chi connectivity index (χ2n) is 9.21. The molecule has 0 bridgehead atoms. The number of carbonyl (C=O) groups excluding carboxylic acids is 2. The number of fused-ring (bicyclic) bond motifs is 1. The molecule has 0 aromatic heterocycles. The van der Waals surface area contributed by atoms with Crippen LogP contribution in [0.5, 0.6) is 0 Å². The number of halogens is 1. The maximum Gasteiger partial charge on any atom is 0.250 e. The van der Waals surface area contributed by atoms with E-state index in [2.05, 4.69) is 10.1 Å². The minimum atomic E-state index is -0.495. The van der Waals surface area contributed by atoms with E-state index in [1.165, 1.54) is 6.07 Å². The molecule has 1 heterocycles. The Morgan fingerprint density at radius 1 is 1.10 bits per heavy atom. The lowest BCUT2D eigenvalue weighted by atomic mass is 9.97. The largest absolute Gasteiger partial charge is 0.387 e. The molecule has 40 heavy (non-hydrogen) atoms. The molecule has 2 N–H and O–H groups in total. The van der Waals surface area contributed by atoms with Crippen molar-refractivity contribution in [2.75, 3.05) is 38.7 Å². The van der Waals surface area contributed by atoms with Crippen molar-refractivity contribution in [2.45, 2.75) is 47.0 Å². The maximum atomic E-state index is 15.5. The van der Waals surface area contributed by atoms with E-state index in [1.807, 2.05) is 46.0 Å². The van der Waals surface area contributed by atoms with Crippen LogP contribution in [0.4, 0.5) is 10.1 Å². The number of nitrogens with two attached hydrogens (primary N) is 1. The summed E-state index contributed by atoms with van der Waals surface area (Å²) in [6.45, 7) is 10.1. The Kier molecular flexibility index (Phi) is 13.6. The molecule has 9 heteroatoms. The lowest BCUT2D eigenvalue weighted by Crippen LogP contribution is -2.34. The number of hydrazone groups is 1. The monoisotopic (exact) mass is 567 g/mol. The number of nitrogens with zero attached hydrogens (tertiary/aromatic N) is 4. The second-order valence-corrected chi connectivity index (χ2v) is 10.2. The van der Waals surface area contributed by atoms with Gasteiger partial charge in [0.25, 0.3) is 0 Å². The molecule has 3 rings (SSSR count). The smallest absolute Gasteiger partial charge is 0.250 e. The fourth-order valence-electron chi connectivity index (χ4n) is 4.23. The molecule has 1 aliphatic rings. The van der Waals surface area contributed by atoms with Crippen LogP contribution in [-0.4, -0.2) is 72.8 Å². The molecule has 0 atom stereocenters. The standard InChI is InChI=1S/C29H36FN5O2S.C2H6/c1-5-9-35(10-6-2)29(37)23-14-25-26(30)15-22(16-27(25)33-28(31)17-23)20-7-8-21(19-36)24(13-20)18-32-34(3)11-12-38-4;1-2/h7-8,13-16,18-19H,5-6,9-12,17H2,1-4H3,(H2,31,33);1-2H3/b32-18-;. The van der Waals surface area contributed by atoms with Crippen molar-refractivity contribution in [3.8, 4) is 11.1 Å². The van der Waals surface area contributed by atoms with Gasteiger partial charge < -0.3 is 10.6 Å². The van der Waals surface area contributed by atoms with Crippen molar-refractivity contribution in [2.24, 2.45) is 15.8 Å². The van der Waals surface area contributed by atoms with Gasteiger partial charge >= 0.3 is 0 Å². The highest BCUT2D eigenvalue weighted by Gasteiger charge is 2.23.